The van der Waals surface area contributed by atoms with Crippen LogP contribution in [0.5, 0.6) is 0 Å². The van der Waals surface area contributed by atoms with Gasteiger partial charge in [-0.25, -0.2) is 9.59 Å². The number of amides is 1. The van der Waals surface area contributed by atoms with E-state index in [0.29, 0.717) is 0 Å². The van der Waals surface area contributed by atoms with Crippen LogP contribution in [-0.2, 0) is 14.3 Å². The Balaban J connectivity index is 3.77. The van der Waals surface area contributed by atoms with Gasteiger partial charge in [-0.1, -0.05) is 0 Å². The first-order valence-corrected chi connectivity index (χ1v) is 3.04. The van der Waals surface area contributed by atoms with Gasteiger partial charge in [0, 0.05) is 0 Å². The lowest BCUT2D eigenvalue weighted by Gasteiger charge is -2.09. The van der Waals surface area contributed by atoms with E-state index in [1.165, 1.54) is 21.1 Å². The summed E-state index contributed by atoms with van der Waals surface area (Å²) in [5.41, 5.74) is 0. The first-order valence-electron chi connectivity index (χ1n) is 3.04. The van der Waals surface area contributed by atoms with Crippen LogP contribution >= 0.6 is 0 Å². The van der Waals surface area contributed by atoms with Crippen molar-refractivity contribution in [1.82, 2.24) is 5.32 Å². The molecule has 1 unspecified atom stereocenters. The number of hydrogen-bond acceptors (Lipinski definition) is 4. The highest BCUT2D eigenvalue weighted by Gasteiger charge is 2.15. The summed E-state index contributed by atoms with van der Waals surface area (Å²) >= 11 is 0. The molecule has 0 saturated heterocycles. The number of hydrogen-bond donors (Lipinski definition) is 1. The SMILES string of the molecule is COC(=O)NC(C)C(=O)OC. The molecule has 0 radical (unpaired) electrons. The molecule has 0 aliphatic rings. The van der Waals surface area contributed by atoms with Crippen LogP contribution in [0.15, 0.2) is 0 Å². The molecule has 1 N–H and O–H groups in total. The molecule has 0 heterocycles. The zero-order chi connectivity index (χ0) is 8.85. The van der Waals surface area contributed by atoms with Gasteiger partial charge in [0.15, 0.2) is 0 Å². The van der Waals surface area contributed by atoms with Gasteiger partial charge in [0.1, 0.15) is 6.04 Å². The fourth-order valence-corrected chi connectivity index (χ4v) is 0.471. The van der Waals surface area contributed by atoms with E-state index in [1.54, 1.807) is 0 Å². The molecule has 64 valence electrons. The molecule has 0 bridgehead atoms. The lowest BCUT2D eigenvalue weighted by atomic mass is 10.3. The van der Waals surface area contributed by atoms with Crippen molar-refractivity contribution < 1.29 is 19.1 Å². The van der Waals surface area contributed by atoms with Crippen LogP contribution in [-0.4, -0.2) is 32.3 Å². The largest absolute Gasteiger partial charge is 0.467 e. The van der Waals surface area contributed by atoms with Crippen LogP contribution < -0.4 is 5.32 Å². The van der Waals surface area contributed by atoms with Crippen LogP contribution in [0.3, 0.4) is 0 Å². The molecule has 0 spiro atoms. The Morgan fingerprint density at radius 3 is 2.18 bits per heavy atom. The van der Waals surface area contributed by atoms with Crippen LogP contribution in [0.4, 0.5) is 4.79 Å². The molecule has 5 heteroatoms. The number of rotatable bonds is 2. The molecule has 1 amide bonds. The molecule has 0 aromatic rings. The predicted octanol–water partition coefficient (Wildman–Crippen LogP) is -0.0961. The average molecular weight is 161 g/mol. The number of ether oxygens (including phenoxy) is 2. The fraction of sp³-hybridized carbons (Fsp3) is 0.667. The maximum atomic E-state index is 10.7. The third-order valence-electron chi connectivity index (χ3n) is 1.07. The maximum Gasteiger partial charge on any atom is 0.407 e. The van der Waals surface area contributed by atoms with Crippen molar-refractivity contribution in [2.24, 2.45) is 0 Å². The normalized spacial score (nSPS) is 11.5. The van der Waals surface area contributed by atoms with Crippen molar-refractivity contribution in [3.8, 4) is 0 Å². The maximum absolute atomic E-state index is 10.7. The molecule has 0 aromatic heterocycles. The van der Waals surface area contributed by atoms with Crippen LogP contribution in [0.25, 0.3) is 0 Å². The highest BCUT2D eigenvalue weighted by atomic mass is 16.5. The van der Waals surface area contributed by atoms with Crippen LogP contribution in [0.1, 0.15) is 6.92 Å². The van der Waals surface area contributed by atoms with Gasteiger partial charge in [0.2, 0.25) is 0 Å². The third-order valence-corrected chi connectivity index (χ3v) is 1.07. The summed E-state index contributed by atoms with van der Waals surface area (Å²) in [6, 6.07) is -0.674. The van der Waals surface area contributed by atoms with E-state index in [4.69, 9.17) is 0 Å². The van der Waals surface area contributed by atoms with Gasteiger partial charge in [-0.05, 0) is 6.92 Å². The van der Waals surface area contributed by atoms with E-state index >= 15 is 0 Å². The first-order chi connectivity index (χ1) is 5.11. The summed E-state index contributed by atoms with van der Waals surface area (Å²) in [6.45, 7) is 1.50. The predicted molar refractivity (Wildman–Crippen MR) is 37.0 cm³/mol. The van der Waals surface area contributed by atoms with Gasteiger partial charge in [-0.15, -0.1) is 0 Å². The number of carbonyl (C=O) groups is 2. The molecule has 0 aromatic carbocycles. The molecule has 11 heavy (non-hydrogen) atoms. The number of methoxy groups -OCH3 is 2. The zero-order valence-corrected chi connectivity index (χ0v) is 6.71. The molecule has 1 atom stereocenters. The Morgan fingerprint density at radius 2 is 1.82 bits per heavy atom. The second kappa shape index (κ2) is 4.54. The monoisotopic (exact) mass is 161 g/mol. The van der Waals surface area contributed by atoms with Gasteiger partial charge in [0.25, 0.3) is 0 Å². The Kier molecular flexibility index (Phi) is 4.02. The van der Waals surface area contributed by atoms with Gasteiger partial charge in [-0.3, -0.25) is 0 Å². The lowest BCUT2D eigenvalue weighted by Crippen LogP contribution is -2.38. The summed E-state index contributed by atoms with van der Waals surface area (Å²) in [6.07, 6.45) is -0.650. The minimum atomic E-state index is -0.674. The molecule has 0 aliphatic carbocycles. The summed E-state index contributed by atoms with van der Waals surface area (Å²) in [7, 11) is 2.47. The van der Waals surface area contributed by atoms with Crippen LogP contribution in [0.2, 0.25) is 0 Å². The Morgan fingerprint density at radius 1 is 1.27 bits per heavy atom. The Hall–Kier alpha value is -1.26. The second-order valence-electron chi connectivity index (χ2n) is 1.88. The van der Waals surface area contributed by atoms with E-state index in [2.05, 4.69) is 14.8 Å². The number of esters is 1. The third kappa shape index (κ3) is 3.44. The van der Waals surface area contributed by atoms with Crippen molar-refractivity contribution in [3.05, 3.63) is 0 Å². The molecule has 0 aliphatic heterocycles. The molecule has 0 fully saturated rings. The van der Waals surface area contributed by atoms with Crippen LogP contribution in [0, 0.1) is 0 Å². The van der Waals surface area contributed by atoms with E-state index in [-0.39, 0.29) is 0 Å². The fourth-order valence-electron chi connectivity index (χ4n) is 0.471. The van der Waals surface area contributed by atoms with Crippen molar-refractivity contribution in [3.63, 3.8) is 0 Å². The minimum absolute atomic E-state index is 0.504. The molecule has 5 nitrogen and oxygen atoms in total. The van der Waals surface area contributed by atoms with Gasteiger partial charge in [0.05, 0.1) is 14.2 Å². The smallest absolute Gasteiger partial charge is 0.407 e. The average Bonchev–Trinajstić information content (AvgIpc) is 2.02. The second-order valence-corrected chi connectivity index (χ2v) is 1.88. The summed E-state index contributed by atoms with van der Waals surface area (Å²) in [5.74, 6) is -0.504. The first kappa shape index (κ1) is 9.74. The van der Waals surface area contributed by atoms with Crippen molar-refractivity contribution in [1.29, 1.82) is 0 Å². The van der Waals surface area contributed by atoms with E-state index in [1.807, 2.05) is 0 Å². The Labute approximate surface area is 64.7 Å². The summed E-state index contributed by atoms with van der Waals surface area (Å²) in [5, 5.41) is 2.24. The highest BCUT2D eigenvalue weighted by molar-refractivity contribution is 5.80. The van der Waals surface area contributed by atoms with Gasteiger partial charge < -0.3 is 14.8 Å². The number of carbonyl (C=O) groups excluding carboxylic acids is 2. The van der Waals surface area contributed by atoms with E-state index < -0.39 is 18.1 Å². The number of nitrogens with one attached hydrogen (secondary N) is 1. The molecular formula is C6H11NO4. The molecule has 0 rings (SSSR count). The quantitative estimate of drug-likeness (QED) is 0.574. The summed E-state index contributed by atoms with van der Waals surface area (Å²) < 4.78 is 8.61. The van der Waals surface area contributed by atoms with Crippen molar-refractivity contribution in [2.45, 2.75) is 13.0 Å². The van der Waals surface area contributed by atoms with Crippen molar-refractivity contribution >= 4 is 12.1 Å². The minimum Gasteiger partial charge on any atom is -0.467 e. The zero-order valence-electron chi connectivity index (χ0n) is 6.71. The number of alkyl carbamates (subject to hydrolysis) is 1. The standard InChI is InChI=1S/C6H11NO4/c1-4(5(8)10-2)7-6(9)11-3/h4H,1-3H3,(H,7,9). The summed E-state index contributed by atoms with van der Waals surface area (Å²) in [4.78, 5) is 21.2. The van der Waals surface area contributed by atoms with E-state index in [0.717, 1.165) is 0 Å². The van der Waals surface area contributed by atoms with Gasteiger partial charge in [-0.2, -0.15) is 0 Å². The van der Waals surface area contributed by atoms with E-state index in [9.17, 15) is 9.59 Å². The highest BCUT2D eigenvalue weighted by Crippen LogP contribution is 1.85. The molecular weight excluding hydrogens is 150 g/mol. The lowest BCUT2D eigenvalue weighted by molar-refractivity contribution is -0.142. The Bertz CT molecular complexity index is 157. The van der Waals surface area contributed by atoms with Crippen molar-refractivity contribution in [2.75, 3.05) is 14.2 Å². The molecule has 0 saturated carbocycles. The van der Waals surface area contributed by atoms with Gasteiger partial charge >= 0.3 is 12.1 Å². The topological polar surface area (TPSA) is 64.6 Å².